The first-order chi connectivity index (χ1) is 14.1. The zero-order chi connectivity index (χ0) is 22.1. The van der Waals surface area contributed by atoms with Gasteiger partial charge < -0.3 is 16.0 Å². The number of hydrogen-bond acceptors (Lipinski definition) is 4. The maximum Gasteiger partial charge on any atom is 0.416 e. The van der Waals surface area contributed by atoms with E-state index < -0.39 is 28.6 Å². The lowest BCUT2D eigenvalue weighted by atomic mass is 9.91. The number of nitrogens with one attached hydrogen (secondary N) is 3. The van der Waals surface area contributed by atoms with Crippen molar-refractivity contribution in [3.8, 4) is 0 Å². The first kappa shape index (κ1) is 21.2. The Balaban J connectivity index is 1.99. The van der Waals surface area contributed by atoms with E-state index in [1.165, 1.54) is 49.4 Å². The Kier molecular flexibility index (Phi) is 5.74. The van der Waals surface area contributed by atoms with Gasteiger partial charge in [0.1, 0.15) is 0 Å². The van der Waals surface area contributed by atoms with Crippen LogP contribution in [0.3, 0.4) is 0 Å². The normalized spacial score (nSPS) is 16.5. The average molecular weight is 436 g/mol. The maximum absolute atomic E-state index is 13.5. The molecule has 1 atom stereocenters. The number of allylic oxidation sites excluding steroid dienone is 1. The lowest BCUT2D eigenvalue weighted by Gasteiger charge is -2.31. The van der Waals surface area contributed by atoms with Gasteiger partial charge >= 0.3 is 6.18 Å². The predicted molar refractivity (Wildman–Crippen MR) is 107 cm³/mol. The SMILES string of the molecule is CC1=C(C(=O)Nc2ccc([N+](=O)[O-])cc2)[C@H](c2ccccc2C(F)(F)F)NC(=S)N1. The Hall–Kier alpha value is -3.47. The third-order valence-electron chi connectivity index (χ3n) is 4.43. The minimum Gasteiger partial charge on any atom is -0.351 e. The van der Waals surface area contributed by atoms with Crippen molar-refractivity contribution in [3.63, 3.8) is 0 Å². The van der Waals surface area contributed by atoms with Gasteiger partial charge in [-0.3, -0.25) is 14.9 Å². The molecule has 3 rings (SSSR count). The van der Waals surface area contributed by atoms with Gasteiger partial charge in [0, 0.05) is 23.5 Å². The van der Waals surface area contributed by atoms with E-state index in [-0.39, 0.29) is 27.6 Å². The summed E-state index contributed by atoms with van der Waals surface area (Å²) >= 11 is 5.07. The van der Waals surface area contributed by atoms with Crippen molar-refractivity contribution < 1.29 is 22.9 Å². The summed E-state index contributed by atoms with van der Waals surface area (Å²) in [4.78, 5) is 23.1. The van der Waals surface area contributed by atoms with Crippen LogP contribution in [0.15, 0.2) is 59.8 Å². The van der Waals surface area contributed by atoms with E-state index in [1.807, 2.05) is 0 Å². The van der Waals surface area contributed by atoms with E-state index >= 15 is 0 Å². The van der Waals surface area contributed by atoms with Crippen LogP contribution < -0.4 is 16.0 Å². The molecule has 0 saturated carbocycles. The largest absolute Gasteiger partial charge is 0.416 e. The predicted octanol–water partition coefficient (Wildman–Crippen LogP) is 4.05. The Morgan fingerprint density at radius 3 is 2.40 bits per heavy atom. The summed E-state index contributed by atoms with van der Waals surface area (Å²) in [7, 11) is 0. The molecule has 0 bridgehead atoms. The summed E-state index contributed by atoms with van der Waals surface area (Å²) in [5, 5.41) is 18.9. The number of benzene rings is 2. The topological polar surface area (TPSA) is 96.3 Å². The van der Waals surface area contributed by atoms with Crippen molar-refractivity contribution in [3.05, 3.63) is 81.0 Å². The molecule has 0 fully saturated rings. The fraction of sp³-hybridized carbons (Fsp3) is 0.158. The molecule has 1 heterocycles. The Bertz CT molecular complexity index is 1050. The molecule has 30 heavy (non-hydrogen) atoms. The number of halogens is 3. The minimum absolute atomic E-state index is 0.0126. The third-order valence-corrected chi connectivity index (χ3v) is 4.65. The van der Waals surface area contributed by atoms with E-state index in [2.05, 4.69) is 16.0 Å². The third kappa shape index (κ3) is 4.40. The van der Waals surface area contributed by atoms with Crippen LogP contribution >= 0.6 is 12.2 Å². The fourth-order valence-corrected chi connectivity index (χ4v) is 3.37. The highest BCUT2D eigenvalue weighted by Gasteiger charge is 2.38. The van der Waals surface area contributed by atoms with Crippen LogP contribution in [-0.4, -0.2) is 15.9 Å². The average Bonchev–Trinajstić information content (AvgIpc) is 2.67. The second-order valence-corrected chi connectivity index (χ2v) is 6.82. The van der Waals surface area contributed by atoms with Crippen LogP contribution in [0, 0.1) is 10.1 Å². The number of hydrogen-bond donors (Lipinski definition) is 3. The van der Waals surface area contributed by atoms with Crippen molar-refractivity contribution in [1.29, 1.82) is 0 Å². The van der Waals surface area contributed by atoms with Crippen molar-refractivity contribution in [2.24, 2.45) is 0 Å². The quantitative estimate of drug-likeness (QED) is 0.380. The molecule has 3 N–H and O–H groups in total. The molecule has 0 aliphatic carbocycles. The number of anilines is 1. The van der Waals surface area contributed by atoms with E-state index in [0.29, 0.717) is 5.70 Å². The summed E-state index contributed by atoms with van der Waals surface area (Å²) in [6, 6.07) is 8.86. The van der Waals surface area contributed by atoms with E-state index in [4.69, 9.17) is 12.2 Å². The molecule has 156 valence electrons. The number of carbonyl (C=O) groups is 1. The molecule has 0 unspecified atom stereocenters. The second kappa shape index (κ2) is 8.11. The van der Waals surface area contributed by atoms with E-state index in [9.17, 15) is 28.1 Å². The van der Waals surface area contributed by atoms with Gasteiger partial charge in [0.2, 0.25) is 0 Å². The highest BCUT2D eigenvalue weighted by molar-refractivity contribution is 7.80. The van der Waals surface area contributed by atoms with Crippen molar-refractivity contribution in [1.82, 2.24) is 10.6 Å². The van der Waals surface area contributed by atoms with Crippen LogP contribution in [0.5, 0.6) is 0 Å². The zero-order valence-corrected chi connectivity index (χ0v) is 16.2. The Morgan fingerprint density at radius 2 is 1.80 bits per heavy atom. The lowest BCUT2D eigenvalue weighted by Crippen LogP contribution is -2.46. The Morgan fingerprint density at radius 1 is 1.17 bits per heavy atom. The Labute approximate surface area is 174 Å². The van der Waals surface area contributed by atoms with Gasteiger partial charge in [-0.05, 0) is 42.9 Å². The van der Waals surface area contributed by atoms with Crippen molar-refractivity contribution >= 4 is 34.6 Å². The number of thiocarbonyl (C=S) groups is 1. The van der Waals surface area contributed by atoms with Crippen LogP contribution in [0.4, 0.5) is 24.5 Å². The summed E-state index contributed by atoms with van der Waals surface area (Å²) in [6.07, 6.45) is -4.63. The summed E-state index contributed by atoms with van der Waals surface area (Å²) in [6.45, 7) is 1.53. The number of rotatable bonds is 4. The molecule has 0 spiro atoms. The monoisotopic (exact) mass is 436 g/mol. The number of nitro benzene ring substituents is 1. The van der Waals surface area contributed by atoms with Crippen LogP contribution in [0.2, 0.25) is 0 Å². The fourth-order valence-electron chi connectivity index (χ4n) is 3.10. The molecule has 0 aromatic heterocycles. The van der Waals surface area contributed by atoms with Gasteiger partial charge in [0.25, 0.3) is 11.6 Å². The summed E-state index contributed by atoms with van der Waals surface area (Å²) < 4.78 is 40.6. The minimum atomic E-state index is -4.63. The van der Waals surface area contributed by atoms with Crippen LogP contribution in [-0.2, 0) is 11.0 Å². The van der Waals surface area contributed by atoms with Crippen molar-refractivity contribution in [2.75, 3.05) is 5.32 Å². The molecule has 1 aliphatic heterocycles. The molecule has 0 radical (unpaired) electrons. The number of alkyl halides is 3. The smallest absolute Gasteiger partial charge is 0.351 e. The summed E-state index contributed by atoms with van der Waals surface area (Å²) in [5.41, 5.74) is -0.643. The number of nitrogens with zero attached hydrogens (tertiary/aromatic N) is 1. The van der Waals surface area contributed by atoms with Crippen molar-refractivity contribution in [2.45, 2.75) is 19.1 Å². The number of non-ortho nitro benzene ring substituents is 1. The maximum atomic E-state index is 13.5. The molecule has 2 aromatic rings. The first-order valence-corrected chi connectivity index (χ1v) is 8.99. The van der Waals surface area contributed by atoms with Gasteiger partial charge in [-0.1, -0.05) is 18.2 Å². The highest BCUT2D eigenvalue weighted by Crippen LogP contribution is 2.38. The van der Waals surface area contributed by atoms with Crippen LogP contribution in [0.1, 0.15) is 24.1 Å². The zero-order valence-electron chi connectivity index (χ0n) is 15.4. The van der Waals surface area contributed by atoms with Gasteiger partial charge in [-0.15, -0.1) is 0 Å². The number of nitro groups is 1. The molecule has 0 saturated heterocycles. The molecule has 11 heteroatoms. The molecule has 1 amide bonds. The standard InChI is InChI=1S/C19H15F3N4O3S/c1-10-15(17(27)24-11-6-8-12(9-7-11)26(28)29)16(25-18(30)23-10)13-4-2-3-5-14(13)19(20,21)22/h2-9,16H,1H3,(H,24,27)(H2,23,25,30)/t16-/m0/s1. The van der Waals surface area contributed by atoms with Gasteiger partial charge in [-0.2, -0.15) is 13.2 Å². The molecular weight excluding hydrogens is 421 g/mol. The van der Waals surface area contributed by atoms with Gasteiger partial charge in [0.05, 0.1) is 22.1 Å². The summed E-state index contributed by atoms with van der Waals surface area (Å²) in [5.74, 6) is -0.675. The molecule has 7 nitrogen and oxygen atoms in total. The molecule has 1 aliphatic rings. The number of carbonyl (C=O) groups excluding carboxylic acids is 1. The van der Waals surface area contributed by atoms with E-state index in [1.54, 1.807) is 0 Å². The molecule has 2 aromatic carbocycles. The highest BCUT2D eigenvalue weighted by atomic mass is 32.1. The van der Waals surface area contributed by atoms with Crippen LogP contribution in [0.25, 0.3) is 0 Å². The van der Waals surface area contributed by atoms with Gasteiger partial charge in [-0.25, -0.2) is 0 Å². The number of amides is 1. The molecular formula is C19H15F3N4O3S. The lowest BCUT2D eigenvalue weighted by molar-refractivity contribution is -0.384. The first-order valence-electron chi connectivity index (χ1n) is 8.58. The second-order valence-electron chi connectivity index (χ2n) is 6.41. The van der Waals surface area contributed by atoms with Gasteiger partial charge in [0.15, 0.2) is 5.11 Å². The van der Waals surface area contributed by atoms with E-state index in [0.717, 1.165) is 6.07 Å².